The van der Waals surface area contributed by atoms with Crippen molar-refractivity contribution >= 4 is 17.6 Å². The Morgan fingerprint density at radius 2 is 1.64 bits per heavy atom. The summed E-state index contributed by atoms with van der Waals surface area (Å²) in [6, 6.07) is 7.99. The number of carbonyl (C=O) groups is 2. The first kappa shape index (κ1) is 25.1. The van der Waals surface area contributed by atoms with Gasteiger partial charge in [0, 0.05) is 36.9 Å². The largest absolute Gasteiger partial charge is 0.482 e. The van der Waals surface area contributed by atoms with Gasteiger partial charge in [-0.2, -0.15) is 0 Å². The molecule has 1 amide bonds. The van der Waals surface area contributed by atoms with Crippen LogP contribution in [0.25, 0.3) is 5.57 Å². The summed E-state index contributed by atoms with van der Waals surface area (Å²) in [7, 11) is 0. The van der Waals surface area contributed by atoms with Crippen molar-refractivity contribution in [1.29, 1.82) is 0 Å². The molecule has 33 heavy (non-hydrogen) atoms. The Kier molecular flexibility index (Phi) is 6.62. The molecule has 0 aliphatic carbocycles. The van der Waals surface area contributed by atoms with Crippen LogP contribution >= 0.6 is 0 Å². The van der Waals surface area contributed by atoms with E-state index in [0.29, 0.717) is 32.5 Å². The maximum Gasteiger partial charge on any atom is 0.410 e. The van der Waals surface area contributed by atoms with E-state index in [1.165, 1.54) is 0 Å². The van der Waals surface area contributed by atoms with Crippen LogP contribution in [0.5, 0.6) is 5.75 Å². The molecule has 0 saturated carbocycles. The Bertz CT molecular complexity index is 930. The van der Waals surface area contributed by atoms with E-state index in [1.807, 2.05) is 65.8 Å². The minimum atomic E-state index is -0.752. The zero-order valence-electron chi connectivity index (χ0n) is 21.4. The molecule has 0 atom stereocenters. The Morgan fingerprint density at radius 1 is 1.03 bits per heavy atom. The monoisotopic (exact) mass is 457 g/mol. The minimum absolute atomic E-state index is 0.214. The summed E-state index contributed by atoms with van der Waals surface area (Å²) >= 11 is 0. The number of benzene rings is 1. The fraction of sp³-hybridized carbons (Fsp3) is 0.630. The lowest BCUT2D eigenvalue weighted by Crippen LogP contribution is -2.51. The van der Waals surface area contributed by atoms with Crippen LogP contribution < -0.4 is 4.74 Å². The molecule has 1 saturated heterocycles. The molecule has 6 nitrogen and oxygen atoms in total. The summed E-state index contributed by atoms with van der Waals surface area (Å²) in [5.74, 6) is 0.599. The third-order valence-electron chi connectivity index (χ3n) is 7.18. The number of rotatable bonds is 4. The van der Waals surface area contributed by atoms with E-state index in [9.17, 15) is 9.59 Å². The number of para-hydroxylation sites is 1. The highest BCUT2D eigenvalue weighted by Gasteiger charge is 2.50. The Morgan fingerprint density at radius 3 is 2.21 bits per heavy atom. The van der Waals surface area contributed by atoms with Crippen LogP contribution in [0.3, 0.4) is 0 Å². The molecule has 3 rings (SSSR count). The lowest BCUT2D eigenvalue weighted by Gasteiger charge is -2.48. The van der Waals surface area contributed by atoms with E-state index in [0.717, 1.165) is 16.9 Å². The molecule has 1 aromatic carbocycles. The van der Waals surface area contributed by atoms with E-state index < -0.39 is 22.0 Å². The Hall–Kier alpha value is -2.50. The van der Waals surface area contributed by atoms with Gasteiger partial charge in [-0.1, -0.05) is 32.0 Å². The molecule has 2 heterocycles. The zero-order chi connectivity index (χ0) is 24.7. The van der Waals surface area contributed by atoms with Gasteiger partial charge >= 0.3 is 12.1 Å². The van der Waals surface area contributed by atoms with Gasteiger partial charge in [0.2, 0.25) is 0 Å². The van der Waals surface area contributed by atoms with E-state index in [1.54, 1.807) is 4.90 Å². The summed E-state index contributed by atoms with van der Waals surface area (Å²) in [6.45, 7) is 17.0. The first-order valence-electron chi connectivity index (χ1n) is 11.9. The van der Waals surface area contributed by atoms with Crippen molar-refractivity contribution in [3.63, 3.8) is 0 Å². The number of carbonyl (C=O) groups excluding carboxylic acids is 2. The lowest BCUT2D eigenvalue weighted by molar-refractivity contribution is -0.158. The molecule has 6 heteroatoms. The predicted octanol–water partition coefficient (Wildman–Crippen LogP) is 5.85. The second-order valence-electron chi connectivity index (χ2n) is 11.2. The lowest BCUT2D eigenvalue weighted by atomic mass is 9.61. The quantitative estimate of drug-likeness (QED) is 0.531. The first-order chi connectivity index (χ1) is 15.2. The maximum atomic E-state index is 12.9. The third kappa shape index (κ3) is 4.90. The normalized spacial score (nSPS) is 18.2. The van der Waals surface area contributed by atoms with Crippen LogP contribution in [0.15, 0.2) is 30.3 Å². The smallest absolute Gasteiger partial charge is 0.410 e. The molecule has 1 spiro atoms. The van der Waals surface area contributed by atoms with Gasteiger partial charge in [-0.05, 0) is 59.3 Å². The van der Waals surface area contributed by atoms with Gasteiger partial charge in [-0.3, -0.25) is 4.79 Å². The molecular formula is C27H39NO5. The molecule has 2 aliphatic rings. The van der Waals surface area contributed by atoms with Gasteiger partial charge in [0.05, 0.1) is 12.0 Å². The van der Waals surface area contributed by atoms with Gasteiger partial charge in [0.15, 0.2) is 0 Å². The number of nitrogens with zero attached hydrogens (tertiary/aromatic N) is 1. The minimum Gasteiger partial charge on any atom is -0.482 e. The van der Waals surface area contributed by atoms with Crippen LogP contribution in [0, 0.1) is 10.8 Å². The van der Waals surface area contributed by atoms with Crippen LogP contribution in [0.1, 0.15) is 73.8 Å². The molecule has 0 N–H and O–H groups in total. The predicted molar refractivity (Wildman–Crippen MR) is 129 cm³/mol. The fourth-order valence-corrected chi connectivity index (χ4v) is 4.43. The highest BCUT2D eigenvalue weighted by atomic mass is 16.6. The first-order valence-corrected chi connectivity index (χ1v) is 11.9. The molecule has 0 unspecified atom stereocenters. The summed E-state index contributed by atoms with van der Waals surface area (Å²) in [4.78, 5) is 27.2. The SMILES string of the molecule is CCOC(=O)C(C)(C)C(C)(C)C1=CC2(CCN(C(=O)OC(C)(C)C)CC2)Oc2ccccc21. The van der Waals surface area contributed by atoms with Crippen molar-refractivity contribution in [3.8, 4) is 5.75 Å². The van der Waals surface area contributed by atoms with Crippen LogP contribution in [-0.4, -0.2) is 47.9 Å². The number of piperidine rings is 1. The van der Waals surface area contributed by atoms with Crippen molar-refractivity contribution < 1.29 is 23.8 Å². The van der Waals surface area contributed by atoms with Crippen molar-refractivity contribution in [1.82, 2.24) is 4.90 Å². The summed E-state index contributed by atoms with van der Waals surface area (Å²) in [6.07, 6.45) is 3.21. The number of fused-ring (bicyclic) bond motifs is 1. The van der Waals surface area contributed by atoms with Crippen LogP contribution in [-0.2, 0) is 14.3 Å². The van der Waals surface area contributed by atoms with E-state index in [4.69, 9.17) is 14.2 Å². The summed E-state index contributed by atoms with van der Waals surface area (Å²) in [5, 5.41) is 0. The molecule has 0 aromatic heterocycles. The number of ether oxygens (including phenoxy) is 3. The van der Waals surface area contributed by atoms with Crippen molar-refractivity contribution in [2.24, 2.45) is 10.8 Å². The number of hydrogen-bond donors (Lipinski definition) is 0. The second kappa shape index (κ2) is 8.69. The maximum absolute atomic E-state index is 12.9. The molecule has 2 aliphatic heterocycles. The van der Waals surface area contributed by atoms with Crippen LogP contribution in [0.4, 0.5) is 4.79 Å². The number of hydrogen-bond acceptors (Lipinski definition) is 5. The van der Waals surface area contributed by atoms with E-state index in [-0.39, 0.29) is 12.1 Å². The van der Waals surface area contributed by atoms with Gasteiger partial charge in [-0.15, -0.1) is 0 Å². The summed E-state index contributed by atoms with van der Waals surface area (Å²) < 4.78 is 17.6. The summed E-state index contributed by atoms with van der Waals surface area (Å²) in [5.41, 5.74) is -0.258. The van der Waals surface area contributed by atoms with E-state index in [2.05, 4.69) is 19.9 Å². The van der Waals surface area contributed by atoms with Gasteiger partial charge in [0.25, 0.3) is 0 Å². The fourth-order valence-electron chi connectivity index (χ4n) is 4.43. The Balaban J connectivity index is 1.94. The molecule has 0 radical (unpaired) electrons. The topological polar surface area (TPSA) is 65.1 Å². The van der Waals surface area contributed by atoms with E-state index >= 15 is 0 Å². The number of allylic oxidation sites excluding steroid dienone is 1. The van der Waals surface area contributed by atoms with Crippen molar-refractivity contribution in [3.05, 3.63) is 35.9 Å². The number of amides is 1. The number of likely N-dealkylation sites (tertiary alicyclic amines) is 1. The van der Waals surface area contributed by atoms with Crippen molar-refractivity contribution in [2.45, 2.75) is 79.4 Å². The standard InChI is InChI=1S/C27H39NO5/c1-9-31-22(29)26(7,8)25(5,6)20-18-27(32-21-13-11-10-12-19(20)21)14-16-28(17-15-27)23(30)33-24(2,3)4/h10-13,18H,9,14-17H2,1-8H3. The number of esters is 1. The average Bonchev–Trinajstić information content (AvgIpc) is 2.72. The van der Waals surface area contributed by atoms with Gasteiger partial charge < -0.3 is 19.1 Å². The molecule has 1 aromatic rings. The molecule has 0 bridgehead atoms. The third-order valence-corrected chi connectivity index (χ3v) is 7.18. The highest BCUT2D eigenvalue weighted by Crippen LogP contribution is 2.54. The van der Waals surface area contributed by atoms with Crippen LogP contribution in [0.2, 0.25) is 0 Å². The zero-order valence-corrected chi connectivity index (χ0v) is 21.4. The second-order valence-corrected chi connectivity index (χ2v) is 11.2. The van der Waals surface area contributed by atoms with Gasteiger partial charge in [-0.25, -0.2) is 4.79 Å². The molecular weight excluding hydrogens is 418 g/mol. The Labute approximate surface area is 198 Å². The molecule has 182 valence electrons. The molecule has 1 fully saturated rings. The highest BCUT2D eigenvalue weighted by molar-refractivity contribution is 5.85. The van der Waals surface area contributed by atoms with Crippen molar-refractivity contribution in [2.75, 3.05) is 19.7 Å². The van der Waals surface area contributed by atoms with Gasteiger partial charge in [0.1, 0.15) is 17.0 Å². The average molecular weight is 458 g/mol.